The number of alkyl halides is 1. The molecule has 8 heteroatoms. The van der Waals surface area contributed by atoms with Gasteiger partial charge in [0, 0.05) is 44.5 Å². The zero-order valence-electron chi connectivity index (χ0n) is 15.6. The molecule has 0 bridgehead atoms. The summed E-state index contributed by atoms with van der Waals surface area (Å²) in [7, 11) is 0. The van der Waals surface area contributed by atoms with Gasteiger partial charge in [-0.1, -0.05) is 0 Å². The predicted octanol–water partition coefficient (Wildman–Crippen LogP) is 2.79. The van der Waals surface area contributed by atoms with Crippen LogP contribution in [-0.2, 0) is 4.74 Å². The molecule has 0 amide bonds. The summed E-state index contributed by atoms with van der Waals surface area (Å²) in [6.07, 6.45) is 2.03. The summed E-state index contributed by atoms with van der Waals surface area (Å²) >= 11 is 0. The number of ether oxygens (including phenoxy) is 2. The largest absolute Gasteiger partial charge is 0.461 e. The zero-order chi connectivity index (χ0) is 19.3. The van der Waals surface area contributed by atoms with E-state index in [2.05, 4.69) is 20.6 Å². The summed E-state index contributed by atoms with van der Waals surface area (Å²) in [5.74, 6) is 1.13. The number of hydrogen-bond acceptors (Lipinski definition) is 7. The maximum Gasteiger partial charge on any atom is 0.235 e. The Bertz CT molecular complexity index is 930. The van der Waals surface area contributed by atoms with Gasteiger partial charge in [-0.2, -0.15) is 0 Å². The monoisotopic (exact) mass is 383 g/mol. The van der Waals surface area contributed by atoms with Crippen molar-refractivity contribution in [3.63, 3.8) is 0 Å². The van der Waals surface area contributed by atoms with Crippen LogP contribution in [0.1, 0.15) is 6.92 Å². The van der Waals surface area contributed by atoms with Crippen LogP contribution in [0.15, 0.2) is 42.7 Å². The molecule has 3 heterocycles. The first-order valence-electron chi connectivity index (χ1n) is 9.28. The number of morpholine rings is 1. The number of halogens is 1. The molecule has 0 radical (unpaired) electrons. The number of hydrogen-bond donors (Lipinski definition) is 2. The van der Waals surface area contributed by atoms with Gasteiger partial charge < -0.3 is 20.1 Å². The zero-order valence-corrected chi connectivity index (χ0v) is 15.6. The van der Waals surface area contributed by atoms with Crippen molar-refractivity contribution in [1.29, 1.82) is 0 Å². The standard InChI is InChI=1S/C20H22FN5O2/c1-13(21)28-15-4-2-14(3-5-15)17-10-18-19(24-7-6-23-18)20(26-17)25-12-16-11-22-8-9-27-16/h2-7,10,13,16,22H,8-9,11-12H2,1H3,(H,25,26)/t13?,16-/m0/s1. The van der Waals surface area contributed by atoms with E-state index < -0.39 is 6.36 Å². The number of rotatable bonds is 6. The third-order valence-electron chi connectivity index (χ3n) is 4.41. The first-order chi connectivity index (χ1) is 13.7. The molecule has 2 aromatic heterocycles. The molecule has 1 fully saturated rings. The minimum atomic E-state index is -1.35. The quantitative estimate of drug-likeness (QED) is 0.677. The highest BCUT2D eigenvalue weighted by Crippen LogP contribution is 2.27. The molecule has 1 saturated heterocycles. The summed E-state index contributed by atoms with van der Waals surface area (Å²) in [6, 6.07) is 9.03. The number of anilines is 1. The summed E-state index contributed by atoms with van der Waals surface area (Å²) in [6.45, 7) is 4.34. The highest BCUT2D eigenvalue weighted by Gasteiger charge is 2.15. The molecule has 1 aromatic carbocycles. The van der Waals surface area contributed by atoms with Gasteiger partial charge in [0.25, 0.3) is 0 Å². The van der Waals surface area contributed by atoms with Gasteiger partial charge in [0.15, 0.2) is 5.82 Å². The van der Waals surface area contributed by atoms with E-state index in [1.807, 2.05) is 18.2 Å². The molecular weight excluding hydrogens is 361 g/mol. The first-order valence-corrected chi connectivity index (χ1v) is 9.28. The number of nitrogens with one attached hydrogen (secondary N) is 2. The molecule has 0 spiro atoms. The van der Waals surface area contributed by atoms with Crippen molar-refractivity contribution in [3.05, 3.63) is 42.7 Å². The van der Waals surface area contributed by atoms with E-state index >= 15 is 0 Å². The number of benzene rings is 1. The third-order valence-corrected chi connectivity index (χ3v) is 4.41. The van der Waals surface area contributed by atoms with Gasteiger partial charge in [-0.3, -0.25) is 4.98 Å². The summed E-state index contributed by atoms with van der Waals surface area (Å²) in [4.78, 5) is 13.6. The maximum atomic E-state index is 13.0. The smallest absolute Gasteiger partial charge is 0.235 e. The van der Waals surface area contributed by atoms with Crippen LogP contribution in [0.4, 0.5) is 10.2 Å². The Morgan fingerprint density at radius 1 is 1.29 bits per heavy atom. The molecule has 0 saturated carbocycles. The van der Waals surface area contributed by atoms with Crippen LogP contribution in [0.2, 0.25) is 0 Å². The maximum absolute atomic E-state index is 13.0. The average molecular weight is 383 g/mol. The Labute approximate surface area is 162 Å². The second kappa shape index (κ2) is 8.45. The number of fused-ring (bicyclic) bond motifs is 1. The van der Waals surface area contributed by atoms with Crippen molar-refractivity contribution in [2.24, 2.45) is 0 Å². The highest BCUT2D eigenvalue weighted by atomic mass is 19.1. The van der Waals surface area contributed by atoms with Crippen molar-refractivity contribution >= 4 is 16.9 Å². The minimum Gasteiger partial charge on any atom is -0.461 e. The Hall–Kier alpha value is -2.84. The van der Waals surface area contributed by atoms with Crippen molar-refractivity contribution in [2.75, 3.05) is 31.6 Å². The van der Waals surface area contributed by atoms with Crippen LogP contribution in [0.5, 0.6) is 5.75 Å². The lowest BCUT2D eigenvalue weighted by atomic mass is 10.1. The molecule has 2 N–H and O–H groups in total. The Morgan fingerprint density at radius 2 is 2.11 bits per heavy atom. The van der Waals surface area contributed by atoms with Gasteiger partial charge in [0.05, 0.1) is 23.9 Å². The molecule has 0 aliphatic carbocycles. The van der Waals surface area contributed by atoms with E-state index in [4.69, 9.17) is 14.5 Å². The second-order valence-corrected chi connectivity index (χ2v) is 6.54. The van der Waals surface area contributed by atoms with Crippen LogP contribution in [0.3, 0.4) is 0 Å². The third kappa shape index (κ3) is 4.35. The van der Waals surface area contributed by atoms with E-state index in [1.165, 1.54) is 6.92 Å². The molecule has 3 aromatic rings. The molecule has 2 atom stereocenters. The van der Waals surface area contributed by atoms with Gasteiger partial charge in [0.1, 0.15) is 11.3 Å². The SMILES string of the molecule is CC(F)Oc1ccc(-c2cc3nccnc3c(NC[C@@H]3CNCCO3)n2)cc1. The van der Waals surface area contributed by atoms with Gasteiger partial charge in [-0.25, -0.2) is 14.4 Å². The van der Waals surface area contributed by atoms with Gasteiger partial charge in [0.2, 0.25) is 6.36 Å². The fraction of sp³-hybridized carbons (Fsp3) is 0.350. The molecule has 7 nitrogen and oxygen atoms in total. The number of nitrogens with zero attached hydrogens (tertiary/aromatic N) is 3. The van der Waals surface area contributed by atoms with Crippen LogP contribution >= 0.6 is 0 Å². The Morgan fingerprint density at radius 3 is 2.86 bits per heavy atom. The molecule has 1 unspecified atom stereocenters. The van der Waals surface area contributed by atoms with Crippen LogP contribution in [0.25, 0.3) is 22.3 Å². The van der Waals surface area contributed by atoms with Crippen molar-refractivity contribution in [2.45, 2.75) is 19.4 Å². The van der Waals surface area contributed by atoms with Gasteiger partial charge >= 0.3 is 0 Å². The minimum absolute atomic E-state index is 0.0741. The predicted molar refractivity (Wildman–Crippen MR) is 105 cm³/mol. The number of aromatic nitrogens is 3. The van der Waals surface area contributed by atoms with E-state index in [1.54, 1.807) is 24.5 Å². The van der Waals surface area contributed by atoms with Gasteiger partial charge in [-0.15, -0.1) is 0 Å². The number of pyridine rings is 1. The average Bonchev–Trinajstić information content (AvgIpc) is 2.73. The lowest BCUT2D eigenvalue weighted by Crippen LogP contribution is -2.42. The van der Waals surface area contributed by atoms with Crippen LogP contribution < -0.4 is 15.4 Å². The normalized spacial score (nSPS) is 18.0. The second-order valence-electron chi connectivity index (χ2n) is 6.54. The summed E-state index contributed by atoms with van der Waals surface area (Å²) < 4.78 is 23.8. The molecule has 28 heavy (non-hydrogen) atoms. The van der Waals surface area contributed by atoms with E-state index in [9.17, 15) is 4.39 Å². The van der Waals surface area contributed by atoms with Gasteiger partial charge in [-0.05, 0) is 30.3 Å². The fourth-order valence-corrected chi connectivity index (χ4v) is 3.10. The molecule has 1 aliphatic rings. The lowest BCUT2D eigenvalue weighted by Gasteiger charge is -2.24. The summed E-state index contributed by atoms with van der Waals surface area (Å²) in [5.41, 5.74) is 3.08. The van der Waals surface area contributed by atoms with Crippen LogP contribution in [0, 0.1) is 0 Å². The molecule has 146 valence electrons. The Balaban J connectivity index is 1.61. The summed E-state index contributed by atoms with van der Waals surface area (Å²) in [5, 5.41) is 6.66. The van der Waals surface area contributed by atoms with E-state index in [0.29, 0.717) is 30.2 Å². The first kappa shape index (κ1) is 18.5. The Kier molecular flexibility index (Phi) is 5.59. The highest BCUT2D eigenvalue weighted by molar-refractivity contribution is 5.88. The topological polar surface area (TPSA) is 81.2 Å². The van der Waals surface area contributed by atoms with Crippen LogP contribution in [-0.4, -0.2) is 53.7 Å². The lowest BCUT2D eigenvalue weighted by molar-refractivity contribution is 0.0372. The fourth-order valence-electron chi connectivity index (χ4n) is 3.10. The molecule has 4 rings (SSSR count). The van der Waals surface area contributed by atoms with E-state index in [-0.39, 0.29) is 6.10 Å². The van der Waals surface area contributed by atoms with Crippen molar-refractivity contribution < 1.29 is 13.9 Å². The van der Waals surface area contributed by atoms with Crippen molar-refractivity contribution in [3.8, 4) is 17.0 Å². The van der Waals surface area contributed by atoms with E-state index in [0.717, 1.165) is 29.9 Å². The molecule has 1 aliphatic heterocycles. The van der Waals surface area contributed by atoms with Crippen molar-refractivity contribution in [1.82, 2.24) is 20.3 Å². The molecular formula is C20H22FN5O2.